The summed E-state index contributed by atoms with van der Waals surface area (Å²) in [6.07, 6.45) is 2.96. The Hall–Kier alpha value is -3.28. The molecule has 0 saturated heterocycles. The van der Waals surface area contributed by atoms with Crippen LogP contribution in [0.4, 0.5) is 11.6 Å². The molecular formula is C16H8Cl2N8. The first-order valence-electron chi connectivity index (χ1n) is 7.30. The molecule has 2 N–H and O–H groups in total. The number of aromatic nitrogens is 6. The topological polar surface area (TPSA) is 116 Å². The van der Waals surface area contributed by atoms with E-state index >= 15 is 0 Å². The molecule has 0 radical (unpaired) electrons. The van der Waals surface area contributed by atoms with E-state index < -0.39 is 0 Å². The highest BCUT2D eigenvalue weighted by atomic mass is 35.5. The molecule has 4 aromatic rings. The molecule has 0 aliphatic rings. The largest absolute Gasteiger partial charge is 0.333 e. The Bertz CT molecular complexity index is 1130. The summed E-state index contributed by atoms with van der Waals surface area (Å²) >= 11 is 12.6. The number of hydrogen-bond donors (Lipinski definition) is 2. The van der Waals surface area contributed by atoms with E-state index in [9.17, 15) is 0 Å². The second kappa shape index (κ2) is 6.55. The zero-order chi connectivity index (χ0) is 18.1. The quantitative estimate of drug-likeness (QED) is 0.554. The number of H-pyrrole nitrogens is 1. The molecule has 3 heterocycles. The number of rotatable bonds is 3. The van der Waals surface area contributed by atoms with Gasteiger partial charge >= 0.3 is 0 Å². The molecule has 10 heteroatoms. The van der Waals surface area contributed by atoms with Crippen molar-refractivity contribution >= 4 is 46.0 Å². The lowest BCUT2D eigenvalue weighted by Gasteiger charge is -2.05. The first kappa shape index (κ1) is 16.2. The maximum atomic E-state index is 9.01. The summed E-state index contributed by atoms with van der Waals surface area (Å²) in [4.78, 5) is 15.9. The van der Waals surface area contributed by atoms with E-state index in [-0.39, 0.29) is 0 Å². The summed E-state index contributed by atoms with van der Waals surface area (Å²) in [5.41, 5.74) is 1.84. The van der Waals surface area contributed by atoms with E-state index in [1.54, 1.807) is 18.3 Å². The first-order chi connectivity index (χ1) is 12.7. The third kappa shape index (κ3) is 2.90. The van der Waals surface area contributed by atoms with Gasteiger partial charge in [0.05, 0.1) is 27.2 Å². The normalized spacial score (nSPS) is 10.7. The van der Waals surface area contributed by atoms with Gasteiger partial charge in [0, 0.05) is 6.20 Å². The van der Waals surface area contributed by atoms with Gasteiger partial charge in [-0.15, -0.1) is 5.10 Å². The zero-order valence-corrected chi connectivity index (χ0v) is 14.4. The minimum atomic E-state index is 0.310. The average Bonchev–Trinajstić information content (AvgIpc) is 3.06. The molecule has 0 saturated carbocycles. The first-order valence-corrected chi connectivity index (χ1v) is 8.06. The van der Waals surface area contributed by atoms with E-state index in [1.165, 1.54) is 18.5 Å². The van der Waals surface area contributed by atoms with Crippen LogP contribution in [0.1, 0.15) is 5.56 Å². The van der Waals surface area contributed by atoms with E-state index in [2.05, 4.69) is 35.5 Å². The highest BCUT2D eigenvalue weighted by molar-refractivity contribution is 6.39. The van der Waals surface area contributed by atoms with Crippen LogP contribution in [0.3, 0.4) is 0 Å². The molecule has 0 fully saturated rings. The number of imidazole rings is 1. The van der Waals surface area contributed by atoms with E-state index in [4.69, 9.17) is 28.5 Å². The SMILES string of the molecule is N#Cc1cc(Cl)c(-c2nc3ncnc(Nc4cccnn4)c3[nH]2)c(Cl)c1. The lowest BCUT2D eigenvalue weighted by Crippen LogP contribution is -1.98. The van der Waals surface area contributed by atoms with Crippen LogP contribution in [-0.4, -0.2) is 30.1 Å². The van der Waals surface area contributed by atoms with Crippen LogP contribution in [0, 0.1) is 11.3 Å². The van der Waals surface area contributed by atoms with Crippen LogP contribution in [-0.2, 0) is 0 Å². The summed E-state index contributed by atoms with van der Waals surface area (Å²) in [7, 11) is 0. The van der Waals surface area contributed by atoms with Crippen LogP contribution >= 0.6 is 23.2 Å². The van der Waals surface area contributed by atoms with Crippen LogP contribution in [0.15, 0.2) is 36.8 Å². The lowest BCUT2D eigenvalue weighted by molar-refractivity contribution is 1.03. The standard InChI is InChI=1S/C16H8Cl2N8/c17-9-4-8(6-19)5-10(18)12(9)14-24-13-15(20-7-21-16(13)25-14)23-11-2-1-3-22-26-11/h1-5,7H,(H2,20,21,23,24,25,26). The second-order valence-corrected chi connectivity index (χ2v) is 5.98. The number of nitriles is 1. The van der Waals surface area contributed by atoms with Crippen molar-refractivity contribution < 1.29 is 0 Å². The zero-order valence-electron chi connectivity index (χ0n) is 12.9. The van der Waals surface area contributed by atoms with Crippen LogP contribution in [0.2, 0.25) is 10.0 Å². The summed E-state index contributed by atoms with van der Waals surface area (Å²) in [5, 5.41) is 20.5. The summed E-state index contributed by atoms with van der Waals surface area (Å²) in [6.45, 7) is 0. The Morgan fingerprint density at radius 3 is 2.65 bits per heavy atom. The predicted octanol–water partition coefficient (Wildman–Crippen LogP) is 3.73. The molecule has 0 unspecified atom stereocenters. The van der Waals surface area contributed by atoms with Crippen molar-refractivity contribution in [2.45, 2.75) is 0 Å². The molecule has 0 aliphatic heterocycles. The minimum absolute atomic E-state index is 0.310. The van der Waals surface area contributed by atoms with Crippen molar-refractivity contribution in [3.05, 3.63) is 52.4 Å². The Kier molecular flexibility index (Phi) is 4.08. The number of nitrogens with one attached hydrogen (secondary N) is 2. The molecule has 3 aromatic heterocycles. The van der Waals surface area contributed by atoms with Gasteiger partial charge in [-0.05, 0) is 24.3 Å². The van der Waals surface area contributed by atoms with Gasteiger partial charge in [0.2, 0.25) is 0 Å². The molecule has 0 bridgehead atoms. The molecule has 0 spiro atoms. The fourth-order valence-corrected chi connectivity index (χ4v) is 3.06. The minimum Gasteiger partial charge on any atom is -0.333 e. The number of anilines is 2. The molecule has 0 atom stereocenters. The predicted molar refractivity (Wildman–Crippen MR) is 97.2 cm³/mol. The number of benzene rings is 1. The highest BCUT2D eigenvalue weighted by Crippen LogP contribution is 2.35. The number of hydrogen-bond acceptors (Lipinski definition) is 7. The van der Waals surface area contributed by atoms with E-state index in [0.717, 1.165) is 0 Å². The maximum Gasteiger partial charge on any atom is 0.183 e. The van der Waals surface area contributed by atoms with Gasteiger partial charge in [-0.1, -0.05) is 23.2 Å². The third-order valence-corrected chi connectivity index (χ3v) is 4.11. The van der Waals surface area contributed by atoms with Crippen molar-refractivity contribution in [3.8, 4) is 17.5 Å². The van der Waals surface area contributed by atoms with Gasteiger partial charge in [-0.2, -0.15) is 10.4 Å². The van der Waals surface area contributed by atoms with Crippen LogP contribution < -0.4 is 5.32 Å². The molecule has 1 aromatic carbocycles. The molecule has 4 rings (SSSR count). The molecule has 8 nitrogen and oxygen atoms in total. The van der Waals surface area contributed by atoms with Gasteiger partial charge in [-0.3, -0.25) is 0 Å². The van der Waals surface area contributed by atoms with Gasteiger partial charge < -0.3 is 10.3 Å². The second-order valence-electron chi connectivity index (χ2n) is 5.17. The number of fused-ring (bicyclic) bond motifs is 1. The van der Waals surface area contributed by atoms with E-state index in [1.807, 2.05) is 6.07 Å². The van der Waals surface area contributed by atoms with E-state index in [0.29, 0.717) is 49.8 Å². The van der Waals surface area contributed by atoms with Gasteiger partial charge in [0.1, 0.15) is 17.7 Å². The Morgan fingerprint density at radius 2 is 1.96 bits per heavy atom. The van der Waals surface area contributed by atoms with Crippen LogP contribution in [0.5, 0.6) is 0 Å². The van der Waals surface area contributed by atoms with Crippen molar-refractivity contribution in [3.63, 3.8) is 0 Å². The molecule has 126 valence electrons. The monoisotopic (exact) mass is 382 g/mol. The van der Waals surface area contributed by atoms with Gasteiger partial charge in [0.15, 0.2) is 17.3 Å². The van der Waals surface area contributed by atoms with Crippen molar-refractivity contribution in [1.82, 2.24) is 30.1 Å². The lowest BCUT2D eigenvalue weighted by atomic mass is 10.1. The molecule has 0 aliphatic carbocycles. The van der Waals surface area contributed by atoms with Gasteiger partial charge in [-0.25, -0.2) is 15.0 Å². The van der Waals surface area contributed by atoms with Crippen LogP contribution in [0.25, 0.3) is 22.6 Å². The number of halogens is 2. The molecule has 0 amide bonds. The Balaban J connectivity index is 1.82. The molecule has 26 heavy (non-hydrogen) atoms. The van der Waals surface area contributed by atoms with Crippen molar-refractivity contribution in [1.29, 1.82) is 5.26 Å². The number of nitrogens with zero attached hydrogens (tertiary/aromatic N) is 6. The van der Waals surface area contributed by atoms with Crippen molar-refractivity contribution in [2.75, 3.05) is 5.32 Å². The Labute approximate surface area is 156 Å². The molecular weight excluding hydrogens is 375 g/mol. The summed E-state index contributed by atoms with van der Waals surface area (Å²) in [6, 6.07) is 8.57. The third-order valence-electron chi connectivity index (χ3n) is 3.52. The summed E-state index contributed by atoms with van der Waals surface area (Å²) < 4.78 is 0. The average molecular weight is 383 g/mol. The maximum absolute atomic E-state index is 9.01. The summed E-state index contributed by atoms with van der Waals surface area (Å²) in [5.74, 6) is 1.43. The highest BCUT2D eigenvalue weighted by Gasteiger charge is 2.17. The van der Waals surface area contributed by atoms with Crippen molar-refractivity contribution in [2.24, 2.45) is 0 Å². The number of aromatic amines is 1. The Morgan fingerprint density at radius 1 is 1.15 bits per heavy atom. The fourth-order valence-electron chi connectivity index (χ4n) is 2.40. The smallest absolute Gasteiger partial charge is 0.183 e. The fraction of sp³-hybridized carbons (Fsp3) is 0. The van der Waals surface area contributed by atoms with Gasteiger partial charge in [0.25, 0.3) is 0 Å².